The van der Waals surface area contributed by atoms with Crippen LogP contribution in [0.15, 0.2) is 36.4 Å². The highest BCUT2D eigenvalue weighted by molar-refractivity contribution is 7.80. The first kappa shape index (κ1) is 21.5. The van der Waals surface area contributed by atoms with Gasteiger partial charge >= 0.3 is 0 Å². The molecule has 0 saturated heterocycles. The van der Waals surface area contributed by atoms with E-state index in [-0.39, 0.29) is 5.91 Å². The molecule has 2 aromatic rings. The summed E-state index contributed by atoms with van der Waals surface area (Å²) in [5.74, 6) is 1.16. The molecular weight excluding hydrogens is 374 g/mol. The number of carbonyl (C=O) groups excluding carboxylic acids is 1. The van der Waals surface area contributed by atoms with Crippen LogP contribution in [-0.2, 0) is 17.6 Å². The maximum atomic E-state index is 12.1. The number of benzene rings is 2. The molecule has 0 saturated carbocycles. The fourth-order valence-corrected chi connectivity index (χ4v) is 2.98. The van der Waals surface area contributed by atoms with Gasteiger partial charge in [-0.2, -0.15) is 0 Å². The Morgan fingerprint density at radius 1 is 1.07 bits per heavy atom. The molecule has 3 N–H and O–H groups in total. The van der Waals surface area contributed by atoms with Gasteiger partial charge in [-0.3, -0.25) is 15.6 Å². The summed E-state index contributed by atoms with van der Waals surface area (Å²) in [6.45, 7) is 4.11. The molecule has 0 heterocycles. The maximum absolute atomic E-state index is 12.1. The lowest BCUT2D eigenvalue weighted by Gasteiger charge is -2.16. The van der Waals surface area contributed by atoms with E-state index in [1.807, 2.05) is 37.3 Å². The summed E-state index contributed by atoms with van der Waals surface area (Å²) in [4.78, 5) is 12.1. The van der Waals surface area contributed by atoms with E-state index < -0.39 is 0 Å². The Labute approximate surface area is 171 Å². The first-order valence-corrected chi connectivity index (χ1v) is 9.54. The minimum Gasteiger partial charge on any atom is -0.493 e. The number of amides is 1. The molecule has 0 aliphatic rings. The summed E-state index contributed by atoms with van der Waals surface area (Å²) in [7, 11) is 3.18. The number of aryl methyl sites for hydroxylation is 3. The molecule has 0 bridgehead atoms. The number of thiocarbonyl (C=S) groups is 1. The molecule has 2 rings (SSSR count). The molecule has 0 unspecified atom stereocenters. The number of rotatable bonds is 7. The SMILES string of the molecule is CCc1cccc(C)c1NC(=S)NNC(=O)CCc1ccc(OC)c(OC)c1. The van der Waals surface area contributed by atoms with Crippen LogP contribution in [0.2, 0.25) is 0 Å². The molecule has 6 nitrogen and oxygen atoms in total. The van der Waals surface area contributed by atoms with Crippen LogP contribution in [0.3, 0.4) is 0 Å². The quantitative estimate of drug-likeness (QED) is 0.487. The van der Waals surface area contributed by atoms with Crippen molar-refractivity contribution in [2.75, 3.05) is 19.5 Å². The monoisotopic (exact) mass is 401 g/mol. The van der Waals surface area contributed by atoms with Gasteiger partial charge < -0.3 is 14.8 Å². The second-order valence-electron chi connectivity index (χ2n) is 6.28. The molecule has 0 radical (unpaired) electrons. The largest absolute Gasteiger partial charge is 0.493 e. The van der Waals surface area contributed by atoms with Crippen molar-refractivity contribution in [1.29, 1.82) is 0 Å². The van der Waals surface area contributed by atoms with Crippen molar-refractivity contribution in [2.24, 2.45) is 0 Å². The first-order valence-electron chi connectivity index (χ1n) is 9.13. The molecule has 2 aromatic carbocycles. The van der Waals surface area contributed by atoms with Crippen molar-refractivity contribution in [2.45, 2.75) is 33.1 Å². The Bertz CT molecular complexity index is 840. The lowest BCUT2D eigenvalue weighted by molar-refractivity contribution is -0.121. The standard InChI is InChI=1S/C21H27N3O3S/c1-5-16-8-6-7-14(2)20(16)22-21(28)24-23-19(25)12-10-15-9-11-17(26-3)18(13-15)27-4/h6-9,11,13H,5,10,12H2,1-4H3,(H,23,25)(H2,22,24,28). The van der Waals surface area contributed by atoms with Crippen LogP contribution in [0.4, 0.5) is 5.69 Å². The lowest BCUT2D eigenvalue weighted by atomic mass is 10.1. The van der Waals surface area contributed by atoms with Crippen LogP contribution in [-0.4, -0.2) is 25.2 Å². The van der Waals surface area contributed by atoms with Gasteiger partial charge in [-0.15, -0.1) is 0 Å². The zero-order valence-electron chi connectivity index (χ0n) is 16.7. The summed E-state index contributed by atoms with van der Waals surface area (Å²) in [5.41, 5.74) is 9.63. The number of methoxy groups -OCH3 is 2. The van der Waals surface area contributed by atoms with E-state index in [2.05, 4.69) is 29.2 Å². The Kier molecular flexibility index (Phi) is 8.07. The predicted octanol–water partition coefficient (Wildman–Crippen LogP) is 3.53. The van der Waals surface area contributed by atoms with E-state index in [0.717, 1.165) is 23.2 Å². The maximum Gasteiger partial charge on any atom is 0.238 e. The third kappa shape index (κ3) is 5.85. The van der Waals surface area contributed by atoms with Crippen molar-refractivity contribution in [3.05, 3.63) is 53.1 Å². The summed E-state index contributed by atoms with van der Waals surface area (Å²) in [5, 5.41) is 3.51. The number of anilines is 1. The third-order valence-corrected chi connectivity index (χ3v) is 4.59. The van der Waals surface area contributed by atoms with Crippen LogP contribution in [0, 0.1) is 6.92 Å². The molecule has 0 aliphatic heterocycles. The zero-order chi connectivity index (χ0) is 20.5. The Balaban J connectivity index is 1.83. The minimum atomic E-state index is -0.153. The van der Waals surface area contributed by atoms with Crippen molar-refractivity contribution in [3.63, 3.8) is 0 Å². The smallest absolute Gasteiger partial charge is 0.238 e. The number of ether oxygens (including phenoxy) is 2. The highest BCUT2D eigenvalue weighted by Gasteiger charge is 2.09. The van der Waals surface area contributed by atoms with Crippen LogP contribution >= 0.6 is 12.2 Å². The highest BCUT2D eigenvalue weighted by Crippen LogP contribution is 2.28. The first-order chi connectivity index (χ1) is 13.5. The van der Waals surface area contributed by atoms with Gasteiger partial charge in [0, 0.05) is 12.1 Å². The fourth-order valence-electron chi connectivity index (χ4n) is 2.83. The molecule has 150 valence electrons. The van der Waals surface area contributed by atoms with Crippen LogP contribution < -0.4 is 25.6 Å². The average molecular weight is 402 g/mol. The van der Waals surface area contributed by atoms with Crippen LogP contribution in [0.5, 0.6) is 11.5 Å². The highest BCUT2D eigenvalue weighted by atomic mass is 32.1. The zero-order valence-corrected chi connectivity index (χ0v) is 17.5. The Morgan fingerprint density at radius 3 is 2.50 bits per heavy atom. The molecule has 0 spiro atoms. The van der Waals surface area contributed by atoms with Crippen LogP contribution in [0.25, 0.3) is 0 Å². The molecular formula is C21H27N3O3S. The van der Waals surface area contributed by atoms with Gasteiger partial charge in [-0.05, 0) is 60.8 Å². The molecule has 28 heavy (non-hydrogen) atoms. The van der Waals surface area contributed by atoms with E-state index in [1.54, 1.807) is 14.2 Å². The summed E-state index contributed by atoms with van der Waals surface area (Å²) < 4.78 is 10.5. The summed E-state index contributed by atoms with van der Waals surface area (Å²) in [6.07, 6.45) is 1.78. The van der Waals surface area contributed by atoms with Gasteiger partial charge in [0.2, 0.25) is 5.91 Å². The number of hydrogen-bond acceptors (Lipinski definition) is 4. The number of nitrogens with one attached hydrogen (secondary N) is 3. The average Bonchev–Trinajstić information content (AvgIpc) is 2.71. The van der Waals surface area contributed by atoms with E-state index in [4.69, 9.17) is 21.7 Å². The lowest BCUT2D eigenvalue weighted by Crippen LogP contribution is -2.44. The van der Waals surface area contributed by atoms with E-state index in [9.17, 15) is 4.79 Å². The Morgan fingerprint density at radius 2 is 1.82 bits per heavy atom. The summed E-state index contributed by atoms with van der Waals surface area (Å²) >= 11 is 5.29. The molecule has 0 aliphatic carbocycles. The van der Waals surface area contributed by atoms with Gasteiger partial charge in [0.15, 0.2) is 16.6 Å². The van der Waals surface area contributed by atoms with Gasteiger partial charge in [0.25, 0.3) is 0 Å². The number of para-hydroxylation sites is 1. The van der Waals surface area contributed by atoms with Crippen molar-refractivity contribution in [3.8, 4) is 11.5 Å². The fraction of sp³-hybridized carbons (Fsp3) is 0.333. The normalized spacial score (nSPS) is 10.1. The van der Waals surface area contributed by atoms with Crippen molar-refractivity contribution >= 4 is 28.9 Å². The Hall–Kier alpha value is -2.80. The molecule has 0 aromatic heterocycles. The third-order valence-electron chi connectivity index (χ3n) is 4.38. The number of carbonyl (C=O) groups is 1. The molecule has 0 fully saturated rings. The molecule has 1 amide bonds. The van der Waals surface area contributed by atoms with E-state index in [1.165, 1.54) is 5.56 Å². The second-order valence-corrected chi connectivity index (χ2v) is 6.69. The van der Waals surface area contributed by atoms with Gasteiger partial charge in [-0.1, -0.05) is 31.2 Å². The molecule has 0 atom stereocenters. The second kappa shape index (κ2) is 10.5. The van der Waals surface area contributed by atoms with Crippen molar-refractivity contribution < 1.29 is 14.3 Å². The van der Waals surface area contributed by atoms with E-state index >= 15 is 0 Å². The molecule has 7 heteroatoms. The van der Waals surface area contributed by atoms with E-state index in [0.29, 0.717) is 29.5 Å². The number of hydrazine groups is 1. The van der Waals surface area contributed by atoms with Crippen molar-refractivity contribution in [1.82, 2.24) is 10.9 Å². The number of hydrogen-bond donors (Lipinski definition) is 3. The topological polar surface area (TPSA) is 71.6 Å². The minimum absolute atomic E-state index is 0.153. The van der Waals surface area contributed by atoms with Gasteiger partial charge in [0.05, 0.1) is 14.2 Å². The van der Waals surface area contributed by atoms with Crippen LogP contribution in [0.1, 0.15) is 30.0 Å². The van der Waals surface area contributed by atoms with Gasteiger partial charge in [0.1, 0.15) is 0 Å². The van der Waals surface area contributed by atoms with Gasteiger partial charge in [-0.25, -0.2) is 0 Å². The summed E-state index contributed by atoms with van der Waals surface area (Å²) in [6, 6.07) is 11.7. The predicted molar refractivity (Wildman–Crippen MR) is 116 cm³/mol.